The number of pyridine rings is 2. The van der Waals surface area contributed by atoms with Crippen LogP contribution >= 0.6 is 0 Å². The van der Waals surface area contributed by atoms with Crippen molar-refractivity contribution in [1.82, 2.24) is 19.8 Å². The number of aromatic hydroxyl groups is 1. The number of ether oxygens (including phenoxy) is 4. The fourth-order valence-electron chi connectivity index (χ4n) is 4.43. The molecule has 41 heavy (non-hydrogen) atoms. The van der Waals surface area contributed by atoms with E-state index in [4.69, 9.17) is 18.9 Å². The average molecular weight is 591 g/mol. The summed E-state index contributed by atoms with van der Waals surface area (Å²) in [5.41, 5.74) is 1.70. The van der Waals surface area contributed by atoms with Crippen LogP contribution in [0.2, 0.25) is 0 Å². The Morgan fingerprint density at radius 2 is 1.17 bits per heavy atom. The minimum absolute atomic E-state index is 0.00377. The number of hydrogen-bond donors (Lipinski definition) is 2. The predicted molar refractivity (Wildman–Crippen MR) is 151 cm³/mol. The Morgan fingerprint density at radius 1 is 0.659 bits per heavy atom. The van der Waals surface area contributed by atoms with Gasteiger partial charge in [0.25, 0.3) is 10.1 Å². The second-order valence-electron chi connectivity index (χ2n) is 9.59. The molecule has 1 fully saturated rings. The largest absolute Gasteiger partial charge is 0.493 e. The molecule has 0 amide bonds. The molecule has 0 aliphatic carbocycles. The first kappa shape index (κ1) is 31.2. The SMILES string of the molecule is O=S(=O)(O)c1cccc2ccc(CN3CCOCCOCCN(Cc4cccc(O)n4)CCOCCOCC3)nc12. The Balaban J connectivity index is 1.31. The summed E-state index contributed by atoms with van der Waals surface area (Å²) in [5.74, 6) is 0.00377. The molecule has 1 aliphatic heterocycles. The molecule has 4 rings (SSSR count). The first-order chi connectivity index (χ1) is 19.9. The molecule has 0 atom stereocenters. The Bertz CT molecular complexity index is 1320. The lowest BCUT2D eigenvalue weighted by atomic mass is 10.2. The topological polar surface area (TPSA) is 144 Å². The van der Waals surface area contributed by atoms with E-state index in [0.29, 0.717) is 103 Å². The molecule has 12 nitrogen and oxygen atoms in total. The minimum Gasteiger partial charge on any atom is -0.493 e. The Morgan fingerprint density at radius 3 is 1.68 bits per heavy atom. The van der Waals surface area contributed by atoms with Gasteiger partial charge in [-0.2, -0.15) is 8.42 Å². The molecule has 224 valence electrons. The van der Waals surface area contributed by atoms with E-state index in [1.165, 1.54) is 6.07 Å². The van der Waals surface area contributed by atoms with Crippen molar-refractivity contribution in [2.75, 3.05) is 79.0 Å². The van der Waals surface area contributed by atoms with Gasteiger partial charge in [0.15, 0.2) is 0 Å². The lowest BCUT2D eigenvalue weighted by molar-refractivity contribution is 0.00598. The Hall–Kier alpha value is -2.75. The van der Waals surface area contributed by atoms with Crippen LogP contribution in [0.1, 0.15) is 11.4 Å². The highest BCUT2D eigenvalue weighted by molar-refractivity contribution is 7.86. The van der Waals surface area contributed by atoms with Crippen molar-refractivity contribution < 1.29 is 37.0 Å². The van der Waals surface area contributed by atoms with E-state index in [9.17, 15) is 18.1 Å². The van der Waals surface area contributed by atoms with Gasteiger partial charge in [0.2, 0.25) is 5.88 Å². The molecule has 1 aliphatic rings. The molecule has 3 heterocycles. The smallest absolute Gasteiger partial charge is 0.296 e. The molecule has 0 spiro atoms. The number of aromatic nitrogens is 2. The van der Waals surface area contributed by atoms with Gasteiger partial charge in [0, 0.05) is 50.7 Å². The molecule has 1 saturated heterocycles. The number of benzene rings is 1. The van der Waals surface area contributed by atoms with Crippen molar-refractivity contribution in [3.05, 3.63) is 59.9 Å². The van der Waals surface area contributed by atoms with Crippen LogP contribution in [0.25, 0.3) is 10.9 Å². The second kappa shape index (κ2) is 16.0. The molecule has 2 N–H and O–H groups in total. The van der Waals surface area contributed by atoms with Crippen LogP contribution in [0.4, 0.5) is 0 Å². The van der Waals surface area contributed by atoms with Gasteiger partial charge < -0.3 is 24.1 Å². The van der Waals surface area contributed by atoms with Crippen LogP contribution in [-0.4, -0.2) is 117 Å². The van der Waals surface area contributed by atoms with Crippen molar-refractivity contribution in [2.45, 2.75) is 18.0 Å². The molecule has 0 bridgehead atoms. The quantitative estimate of drug-likeness (QED) is 0.419. The summed E-state index contributed by atoms with van der Waals surface area (Å²) in [5, 5.41) is 10.3. The zero-order valence-electron chi connectivity index (χ0n) is 23.1. The summed E-state index contributed by atoms with van der Waals surface area (Å²) < 4.78 is 56.5. The van der Waals surface area contributed by atoms with E-state index in [0.717, 1.165) is 5.69 Å². The summed E-state index contributed by atoms with van der Waals surface area (Å²) in [6.07, 6.45) is 0. The average Bonchev–Trinajstić information content (AvgIpc) is 2.94. The van der Waals surface area contributed by atoms with E-state index >= 15 is 0 Å². The molecule has 0 saturated carbocycles. The zero-order chi connectivity index (χ0) is 28.9. The van der Waals surface area contributed by atoms with E-state index < -0.39 is 10.1 Å². The first-order valence-electron chi connectivity index (χ1n) is 13.7. The van der Waals surface area contributed by atoms with Crippen LogP contribution in [0.5, 0.6) is 5.88 Å². The number of rotatable bonds is 5. The highest BCUT2D eigenvalue weighted by Crippen LogP contribution is 2.22. The fraction of sp³-hybridized carbons (Fsp3) is 0.500. The van der Waals surface area contributed by atoms with Gasteiger partial charge in [-0.1, -0.05) is 24.3 Å². The van der Waals surface area contributed by atoms with Crippen molar-refractivity contribution >= 4 is 21.0 Å². The molecule has 2 aromatic heterocycles. The van der Waals surface area contributed by atoms with Crippen LogP contribution in [0, 0.1) is 0 Å². The van der Waals surface area contributed by atoms with Crippen molar-refractivity contribution in [2.24, 2.45) is 0 Å². The molecule has 0 unspecified atom stereocenters. The van der Waals surface area contributed by atoms with E-state index in [2.05, 4.69) is 19.8 Å². The second-order valence-corrected chi connectivity index (χ2v) is 11.0. The Kier molecular flexibility index (Phi) is 12.2. The van der Waals surface area contributed by atoms with Gasteiger partial charge in [-0.3, -0.25) is 14.4 Å². The van der Waals surface area contributed by atoms with E-state index in [1.54, 1.807) is 30.3 Å². The number of para-hydroxylation sites is 1. The van der Waals surface area contributed by atoms with E-state index in [1.807, 2.05) is 12.1 Å². The third-order valence-corrected chi connectivity index (χ3v) is 7.42. The monoisotopic (exact) mass is 590 g/mol. The highest BCUT2D eigenvalue weighted by atomic mass is 32.2. The normalized spacial score (nSPS) is 18.6. The van der Waals surface area contributed by atoms with Gasteiger partial charge in [-0.15, -0.1) is 0 Å². The third-order valence-electron chi connectivity index (χ3n) is 6.53. The standard InChI is InChI=1S/C28H38N4O8S/c33-27-6-2-4-24(29-27)21-31-9-13-37-17-19-39-15-11-32(12-16-40-20-18-38-14-10-31)22-25-8-7-23-3-1-5-26(28(23)30-25)41(34,35)36/h1-8H,9-22H2,(H,29,33)(H,34,35,36). The molecular formula is C28H38N4O8S. The number of nitrogens with zero attached hydrogens (tertiary/aromatic N) is 4. The molecule has 0 radical (unpaired) electrons. The van der Waals surface area contributed by atoms with Gasteiger partial charge in [-0.25, -0.2) is 9.97 Å². The van der Waals surface area contributed by atoms with E-state index in [-0.39, 0.29) is 16.3 Å². The summed E-state index contributed by atoms with van der Waals surface area (Å²) in [7, 11) is -4.40. The van der Waals surface area contributed by atoms with Crippen LogP contribution in [-0.2, 0) is 42.2 Å². The van der Waals surface area contributed by atoms with Crippen LogP contribution < -0.4 is 0 Å². The molecule has 3 aromatic rings. The van der Waals surface area contributed by atoms with Gasteiger partial charge in [-0.05, 0) is 18.2 Å². The maximum absolute atomic E-state index is 11.8. The first-order valence-corrected chi connectivity index (χ1v) is 15.1. The number of fused-ring (bicyclic) bond motifs is 1. The third kappa shape index (κ3) is 10.5. The van der Waals surface area contributed by atoms with Gasteiger partial charge in [0.05, 0.1) is 69.8 Å². The van der Waals surface area contributed by atoms with Crippen LogP contribution in [0.15, 0.2) is 53.4 Å². The lowest BCUT2D eigenvalue weighted by Crippen LogP contribution is -2.33. The zero-order valence-corrected chi connectivity index (χ0v) is 23.9. The fourth-order valence-corrected chi connectivity index (χ4v) is 5.09. The summed E-state index contributed by atoms with van der Waals surface area (Å²) in [6, 6.07) is 13.5. The van der Waals surface area contributed by atoms with Crippen molar-refractivity contribution in [1.29, 1.82) is 0 Å². The van der Waals surface area contributed by atoms with Crippen LogP contribution in [0.3, 0.4) is 0 Å². The van der Waals surface area contributed by atoms with Gasteiger partial charge >= 0.3 is 0 Å². The Labute approximate surface area is 240 Å². The summed E-state index contributed by atoms with van der Waals surface area (Å²) in [6.45, 7) is 7.46. The summed E-state index contributed by atoms with van der Waals surface area (Å²) >= 11 is 0. The predicted octanol–water partition coefficient (Wildman–Crippen LogP) is 1.97. The lowest BCUT2D eigenvalue weighted by Gasteiger charge is -2.23. The van der Waals surface area contributed by atoms with Crippen molar-refractivity contribution in [3.8, 4) is 5.88 Å². The maximum Gasteiger partial charge on any atom is 0.296 e. The molecule has 1 aromatic carbocycles. The summed E-state index contributed by atoms with van der Waals surface area (Å²) in [4.78, 5) is 12.8. The maximum atomic E-state index is 11.8. The van der Waals surface area contributed by atoms with Gasteiger partial charge in [0.1, 0.15) is 4.90 Å². The van der Waals surface area contributed by atoms with Crippen molar-refractivity contribution in [3.63, 3.8) is 0 Å². The molecular weight excluding hydrogens is 552 g/mol. The minimum atomic E-state index is -4.40. The number of hydrogen-bond acceptors (Lipinski definition) is 11. The molecule has 13 heteroatoms. The highest BCUT2D eigenvalue weighted by Gasteiger charge is 2.16.